The summed E-state index contributed by atoms with van der Waals surface area (Å²) in [6, 6.07) is 3.96. The topological polar surface area (TPSA) is 35.2 Å². The zero-order chi connectivity index (χ0) is 12.3. The highest BCUT2D eigenvalue weighted by Gasteiger charge is 2.24. The van der Waals surface area contributed by atoms with Crippen molar-refractivity contribution in [3.8, 4) is 0 Å². The maximum atomic E-state index is 6.18. The predicted molar refractivity (Wildman–Crippen MR) is 73.7 cm³/mol. The molecule has 0 radical (unpaired) electrons. The van der Waals surface area contributed by atoms with Crippen LogP contribution in [0, 0.1) is 0 Å². The van der Waals surface area contributed by atoms with Crippen LogP contribution in [0.3, 0.4) is 0 Å². The molecular weight excluding hydrogens is 254 g/mol. The van der Waals surface area contributed by atoms with E-state index in [-0.39, 0.29) is 12.1 Å². The molecule has 1 fully saturated rings. The van der Waals surface area contributed by atoms with Gasteiger partial charge in [0.25, 0.3) is 0 Å². The number of halogens is 1. The highest BCUT2D eigenvalue weighted by molar-refractivity contribution is 7.16. The molecule has 0 aliphatic heterocycles. The summed E-state index contributed by atoms with van der Waals surface area (Å²) >= 11 is 7.55. The molecule has 0 aromatic carbocycles. The van der Waals surface area contributed by atoms with E-state index in [2.05, 4.69) is 0 Å². The van der Waals surface area contributed by atoms with Gasteiger partial charge in [0.1, 0.15) is 6.10 Å². The second-order valence-corrected chi connectivity index (χ2v) is 6.56. The Labute approximate surface area is 112 Å². The molecule has 1 aliphatic rings. The lowest BCUT2D eigenvalue weighted by Gasteiger charge is -2.29. The molecule has 0 spiro atoms. The zero-order valence-electron chi connectivity index (χ0n) is 10.2. The molecule has 0 saturated heterocycles. The van der Waals surface area contributed by atoms with Gasteiger partial charge in [0, 0.05) is 10.9 Å². The van der Waals surface area contributed by atoms with Crippen molar-refractivity contribution in [1.82, 2.24) is 0 Å². The van der Waals surface area contributed by atoms with Gasteiger partial charge in [0.15, 0.2) is 0 Å². The van der Waals surface area contributed by atoms with Crippen molar-refractivity contribution in [2.24, 2.45) is 5.73 Å². The molecule has 1 aromatic heterocycles. The number of nitrogens with two attached hydrogens (primary N) is 1. The average Bonchev–Trinajstić information content (AvgIpc) is 2.73. The van der Waals surface area contributed by atoms with Gasteiger partial charge in [-0.1, -0.05) is 30.9 Å². The van der Waals surface area contributed by atoms with Crippen LogP contribution in [-0.2, 0) is 4.74 Å². The Balaban J connectivity index is 2.01. The van der Waals surface area contributed by atoms with Crippen molar-refractivity contribution in [2.45, 2.75) is 57.3 Å². The minimum atomic E-state index is -0.00407. The largest absolute Gasteiger partial charge is 0.368 e. The molecule has 1 heterocycles. The molecule has 2 atom stereocenters. The smallest absolute Gasteiger partial charge is 0.107 e. The number of hydrogen-bond donors (Lipinski definition) is 1. The van der Waals surface area contributed by atoms with E-state index in [1.807, 2.05) is 19.1 Å². The van der Waals surface area contributed by atoms with Gasteiger partial charge in [0.05, 0.1) is 10.4 Å². The molecule has 1 aromatic rings. The van der Waals surface area contributed by atoms with Crippen molar-refractivity contribution in [3.05, 3.63) is 21.3 Å². The van der Waals surface area contributed by atoms with Crippen LogP contribution in [0.15, 0.2) is 12.1 Å². The summed E-state index contributed by atoms with van der Waals surface area (Å²) in [5.41, 5.74) is 6.03. The third-order valence-electron chi connectivity index (χ3n) is 3.24. The van der Waals surface area contributed by atoms with Crippen LogP contribution in [-0.4, -0.2) is 12.1 Å². The maximum Gasteiger partial charge on any atom is 0.107 e. The molecule has 1 saturated carbocycles. The summed E-state index contributed by atoms with van der Waals surface area (Å²) in [6.45, 7) is 2.00. The Hall–Kier alpha value is -0.0900. The summed E-state index contributed by atoms with van der Waals surface area (Å²) < 4.78 is 6.98. The van der Waals surface area contributed by atoms with Gasteiger partial charge in [-0.15, -0.1) is 11.3 Å². The highest BCUT2D eigenvalue weighted by Crippen LogP contribution is 2.33. The van der Waals surface area contributed by atoms with Gasteiger partial charge >= 0.3 is 0 Å². The van der Waals surface area contributed by atoms with Crippen molar-refractivity contribution in [3.63, 3.8) is 0 Å². The van der Waals surface area contributed by atoms with E-state index in [1.54, 1.807) is 11.3 Å². The number of thiophene rings is 1. The molecule has 2 N–H and O–H groups in total. The predicted octanol–water partition coefficient (Wildman–Crippen LogP) is 4.14. The summed E-state index contributed by atoms with van der Waals surface area (Å²) in [4.78, 5) is 1.15. The van der Waals surface area contributed by atoms with E-state index < -0.39 is 0 Å². The highest BCUT2D eigenvalue weighted by atomic mass is 35.5. The molecule has 4 heteroatoms. The SMILES string of the molecule is CC(N)C(OC1CCCCC1)c1ccc(Cl)s1. The average molecular weight is 274 g/mol. The Bertz CT molecular complexity index is 347. The van der Waals surface area contributed by atoms with Crippen LogP contribution >= 0.6 is 22.9 Å². The Morgan fingerprint density at radius 3 is 2.59 bits per heavy atom. The van der Waals surface area contributed by atoms with Crippen molar-refractivity contribution >= 4 is 22.9 Å². The molecule has 2 unspecified atom stereocenters. The fraction of sp³-hybridized carbons (Fsp3) is 0.692. The molecule has 0 amide bonds. The molecule has 1 aliphatic carbocycles. The standard InChI is InChI=1S/C13H20ClNOS/c1-9(15)13(11-7-8-12(14)17-11)16-10-5-3-2-4-6-10/h7-10,13H,2-6,15H2,1H3. The fourth-order valence-electron chi connectivity index (χ4n) is 2.34. The van der Waals surface area contributed by atoms with E-state index in [4.69, 9.17) is 22.1 Å². The van der Waals surface area contributed by atoms with Crippen LogP contribution in [0.25, 0.3) is 0 Å². The Morgan fingerprint density at radius 1 is 1.35 bits per heavy atom. The second kappa shape index (κ2) is 6.19. The van der Waals surface area contributed by atoms with E-state index >= 15 is 0 Å². The first-order valence-electron chi connectivity index (χ1n) is 6.33. The molecule has 2 nitrogen and oxygen atoms in total. The molecular formula is C13H20ClNOS. The van der Waals surface area contributed by atoms with Crippen LogP contribution in [0.1, 0.15) is 50.0 Å². The first kappa shape index (κ1) is 13.3. The summed E-state index contributed by atoms with van der Waals surface area (Å²) in [6.07, 6.45) is 6.61. The van der Waals surface area contributed by atoms with Gasteiger partial charge in [-0.25, -0.2) is 0 Å². The summed E-state index contributed by atoms with van der Waals surface area (Å²) in [5, 5.41) is 0. The minimum Gasteiger partial charge on any atom is -0.368 e. The minimum absolute atomic E-state index is 0.00407. The monoisotopic (exact) mass is 273 g/mol. The maximum absolute atomic E-state index is 6.18. The number of hydrogen-bond acceptors (Lipinski definition) is 3. The summed E-state index contributed by atoms with van der Waals surface area (Å²) in [5.74, 6) is 0. The van der Waals surface area contributed by atoms with Crippen LogP contribution in [0.4, 0.5) is 0 Å². The van der Waals surface area contributed by atoms with Gasteiger partial charge in [-0.05, 0) is 31.9 Å². The van der Waals surface area contributed by atoms with E-state index in [0.717, 1.165) is 9.21 Å². The normalized spacial score (nSPS) is 21.4. The number of ether oxygens (including phenoxy) is 1. The second-order valence-electron chi connectivity index (χ2n) is 4.82. The van der Waals surface area contributed by atoms with Gasteiger partial charge in [-0.2, -0.15) is 0 Å². The van der Waals surface area contributed by atoms with Crippen LogP contribution in [0.2, 0.25) is 4.34 Å². The first-order chi connectivity index (χ1) is 8.16. The van der Waals surface area contributed by atoms with E-state index in [9.17, 15) is 0 Å². The lowest BCUT2D eigenvalue weighted by molar-refractivity contribution is -0.0389. The van der Waals surface area contributed by atoms with Crippen LogP contribution < -0.4 is 5.73 Å². The first-order valence-corrected chi connectivity index (χ1v) is 7.52. The van der Waals surface area contributed by atoms with Crippen molar-refractivity contribution in [2.75, 3.05) is 0 Å². The molecule has 96 valence electrons. The lowest BCUT2D eigenvalue weighted by atomic mass is 9.97. The third-order valence-corrected chi connectivity index (χ3v) is 4.54. The van der Waals surface area contributed by atoms with E-state index in [1.165, 1.54) is 32.1 Å². The zero-order valence-corrected chi connectivity index (χ0v) is 11.8. The van der Waals surface area contributed by atoms with E-state index in [0.29, 0.717) is 6.10 Å². The lowest BCUT2D eigenvalue weighted by Crippen LogP contribution is -2.30. The fourth-order valence-corrected chi connectivity index (χ4v) is 3.55. The Morgan fingerprint density at radius 2 is 2.06 bits per heavy atom. The molecule has 17 heavy (non-hydrogen) atoms. The molecule has 2 rings (SSSR count). The Kier molecular flexibility index (Phi) is 4.86. The third kappa shape index (κ3) is 3.68. The molecule has 0 bridgehead atoms. The van der Waals surface area contributed by atoms with Gasteiger partial charge in [-0.3, -0.25) is 0 Å². The quantitative estimate of drug-likeness (QED) is 0.895. The van der Waals surface area contributed by atoms with Gasteiger partial charge in [0.2, 0.25) is 0 Å². The summed E-state index contributed by atoms with van der Waals surface area (Å²) in [7, 11) is 0. The van der Waals surface area contributed by atoms with Crippen LogP contribution in [0.5, 0.6) is 0 Å². The van der Waals surface area contributed by atoms with Crippen molar-refractivity contribution < 1.29 is 4.74 Å². The van der Waals surface area contributed by atoms with Gasteiger partial charge < -0.3 is 10.5 Å². The number of rotatable bonds is 4. The van der Waals surface area contributed by atoms with Crippen molar-refractivity contribution in [1.29, 1.82) is 0 Å².